The number of ether oxygens (including phenoxy) is 2. The van der Waals surface area contributed by atoms with E-state index < -0.39 is 0 Å². The molecular formula is C24H26N4O3S2. The molecule has 0 saturated carbocycles. The summed E-state index contributed by atoms with van der Waals surface area (Å²) in [6, 6.07) is 5.24. The second-order valence-electron chi connectivity index (χ2n) is 8.44. The van der Waals surface area contributed by atoms with Gasteiger partial charge in [-0.25, -0.2) is 4.98 Å². The van der Waals surface area contributed by atoms with Gasteiger partial charge in [0.05, 0.1) is 30.9 Å². The van der Waals surface area contributed by atoms with Gasteiger partial charge in [-0.1, -0.05) is 25.6 Å². The van der Waals surface area contributed by atoms with Crippen molar-refractivity contribution in [2.24, 2.45) is 0 Å². The van der Waals surface area contributed by atoms with Gasteiger partial charge in [-0.2, -0.15) is 0 Å². The number of ketones is 1. The maximum absolute atomic E-state index is 13.1. The number of Topliss-reactive ketones (excluding diaryl/α,β-unsaturated/α-hetero) is 1. The fourth-order valence-electron chi connectivity index (χ4n) is 4.37. The molecule has 172 valence electrons. The molecule has 9 heteroatoms. The highest BCUT2D eigenvalue weighted by Crippen LogP contribution is 2.39. The van der Waals surface area contributed by atoms with Crippen LogP contribution in [-0.2, 0) is 12.8 Å². The molecule has 1 aliphatic rings. The Labute approximate surface area is 200 Å². The Hall–Kier alpha value is -2.65. The topological polar surface area (TPSA) is 78.6 Å². The number of aromatic nitrogens is 4. The normalized spacial score (nSPS) is 13.6. The molecule has 3 heterocycles. The van der Waals surface area contributed by atoms with E-state index in [1.165, 1.54) is 35.0 Å². The minimum absolute atomic E-state index is 0.0550. The molecule has 5 rings (SSSR count). The lowest BCUT2D eigenvalue weighted by atomic mass is 9.97. The molecule has 3 aromatic heterocycles. The summed E-state index contributed by atoms with van der Waals surface area (Å²) in [5.41, 5.74) is 2.74. The highest BCUT2D eigenvalue weighted by Gasteiger charge is 2.25. The maximum Gasteiger partial charge on any atom is 0.197 e. The third-order valence-electron chi connectivity index (χ3n) is 6.01. The van der Waals surface area contributed by atoms with E-state index in [0.717, 1.165) is 34.5 Å². The van der Waals surface area contributed by atoms with Crippen molar-refractivity contribution in [3.8, 4) is 11.5 Å². The van der Waals surface area contributed by atoms with Gasteiger partial charge in [-0.3, -0.25) is 9.20 Å². The number of hydrogen-bond acceptors (Lipinski definition) is 8. The molecule has 4 aromatic rings. The van der Waals surface area contributed by atoms with Gasteiger partial charge in [0.15, 0.2) is 16.6 Å². The Morgan fingerprint density at radius 2 is 2.00 bits per heavy atom. The fourth-order valence-corrected chi connectivity index (χ4v) is 6.46. The van der Waals surface area contributed by atoms with Gasteiger partial charge < -0.3 is 9.47 Å². The number of nitrogens with zero attached hydrogens (tertiary/aromatic N) is 4. The molecule has 0 saturated heterocycles. The molecule has 0 radical (unpaired) electrons. The van der Waals surface area contributed by atoms with Crippen molar-refractivity contribution in [3.63, 3.8) is 0 Å². The second-order valence-corrected chi connectivity index (χ2v) is 10.5. The summed E-state index contributed by atoms with van der Waals surface area (Å²) in [4.78, 5) is 20.6. The van der Waals surface area contributed by atoms with Crippen LogP contribution in [0, 0.1) is 0 Å². The number of carbonyl (C=O) groups is 1. The second kappa shape index (κ2) is 8.95. The first-order valence-corrected chi connectivity index (χ1v) is 12.9. The zero-order valence-electron chi connectivity index (χ0n) is 19.2. The first kappa shape index (κ1) is 22.2. The quantitative estimate of drug-likeness (QED) is 0.260. The lowest BCUT2D eigenvalue weighted by Crippen LogP contribution is -2.08. The Bertz CT molecular complexity index is 1360. The van der Waals surface area contributed by atoms with E-state index in [1.807, 2.05) is 0 Å². The standard InChI is InChI=1S/C24H26N4O3S2/c1-13(2)21-25-23-20(15-7-5-6-8-19(15)33-23)22-26-27-24(28(21)22)32-12-17(29)16-11-14(30-3)9-10-18(16)31-4/h9-11,13H,5-8,12H2,1-4H3. The molecular weight excluding hydrogens is 456 g/mol. The Morgan fingerprint density at radius 1 is 1.18 bits per heavy atom. The molecule has 0 aliphatic heterocycles. The monoisotopic (exact) mass is 482 g/mol. The van der Waals surface area contributed by atoms with E-state index in [2.05, 4.69) is 28.4 Å². The van der Waals surface area contributed by atoms with Crippen molar-refractivity contribution < 1.29 is 14.3 Å². The van der Waals surface area contributed by atoms with Crippen molar-refractivity contribution in [3.05, 3.63) is 40.0 Å². The van der Waals surface area contributed by atoms with Crippen molar-refractivity contribution in [1.82, 2.24) is 19.6 Å². The fraction of sp³-hybridized carbons (Fsp3) is 0.417. The van der Waals surface area contributed by atoms with Crippen molar-refractivity contribution in [2.75, 3.05) is 20.0 Å². The number of thioether (sulfide) groups is 1. The first-order valence-electron chi connectivity index (χ1n) is 11.1. The number of aryl methyl sites for hydroxylation is 2. The Kier molecular flexibility index (Phi) is 6.01. The van der Waals surface area contributed by atoms with Gasteiger partial charge in [-0.05, 0) is 49.4 Å². The van der Waals surface area contributed by atoms with E-state index in [1.54, 1.807) is 43.8 Å². The summed E-state index contributed by atoms with van der Waals surface area (Å²) in [7, 11) is 3.14. The summed E-state index contributed by atoms with van der Waals surface area (Å²) >= 11 is 3.18. The molecule has 0 amide bonds. The van der Waals surface area contributed by atoms with Gasteiger partial charge in [0.2, 0.25) is 0 Å². The lowest BCUT2D eigenvalue weighted by molar-refractivity contribution is 0.101. The van der Waals surface area contributed by atoms with E-state index >= 15 is 0 Å². The van der Waals surface area contributed by atoms with E-state index in [-0.39, 0.29) is 17.5 Å². The van der Waals surface area contributed by atoms with Crippen molar-refractivity contribution >= 4 is 44.7 Å². The van der Waals surface area contributed by atoms with Crippen LogP contribution in [0.25, 0.3) is 15.9 Å². The van der Waals surface area contributed by atoms with E-state index in [0.29, 0.717) is 22.2 Å². The first-order chi connectivity index (χ1) is 16.0. The Morgan fingerprint density at radius 3 is 2.76 bits per heavy atom. The molecule has 0 N–H and O–H groups in total. The van der Waals surface area contributed by atoms with Gasteiger partial charge in [0.1, 0.15) is 22.2 Å². The van der Waals surface area contributed by atoms with Crippen LogP contribution in [0.4, 0.5) is 0 Å². The average molecular weight is 483 g/mol. The van der Waals surface area contributed by atoms with Crippen LogP contribution in [-0.4, -0.2) is 45.3 Å². The van der Waals surface area contributed by atoms with Gasteiger partial charge in [-0.15, -0.1) is 21.5 Å². The lowest BCUT2D eigenvalue weighted by Gasteiger charge is -2.12. The van der Waals surface area contributed by atoms with Crippen molar-refractivity contribution in [2.45, 2.75) is 50.6 Å². The van der Waals surface area contributed by atoms with Gasteiger partial charge in [0.25, 0.3) is 0 Å². The maximum atomic E-state index is 13.1. The summed E-state index contributed by atoms with van der Waals surface area (Å²) in [6.07, 6.45) is 4.61. The SMILES string of the molecule is COc1ccc(OC)c(C(=O)CSc2nnc3c4c5c(sc4nc(C(C)C)n23)CCCC5)c1. The predicted octanol–water partition coefficient (Wildman–Crippen LogP) is 5.33. The van der Waals surface area contributed by atoms with Crippen LogP contribution in [0.1, 0.15) is 59.2 Å². The molecule has 0 bridgehead atoms. The summed E-state index contributed by atoms with van der Waals surface area (Å²) in [5, 5.41) is 10.9. The Balaban J connectivity index is 1.54. The van der Waals surface area contributed by atoms with E-state index in [9.17, 15) is 4.79 Å². The molecule has 0 unspecified atom stereocenters. The number of carbonyl (C=O) groups excluding carboxylic acids is 1. The minimum Gasteiger partial charge on any atom is -0.497 e. The summed E-state index contributed by atoms with van der Waals surface area (Å²) < 4.78 is 12.7. The van der Waals surface area contributed by atoms with Crippen LogP contribution in [0.2, 0.25) is 0 Å². The van der Waals surface area contributed by atoms with Crippen LogP contribution >= 0.6 is 23.1 Å². The van der Waals surface area contributed by atoms with Crippen LogP contribution < -0.4 is 9.47 Å². The predicted molar refractivity (Wildman–Crippen MR) is 131 cm³/mol. The number of benzene rings is 1. The minimum atomic E-state index is -0.0550. The molecule has 0 spiro atoms. The van der Waals surface area contributed by atoms with Gasteiger partial charge in [0, 0.05) is 10.8 Å². The van der Waals surface area contributed by atoms with Crippen LogP contribution in [0.3, 0.4) is 0 Å². The molecule has 33 heavy (non-hydrogen) atoms. The molecule has 0 atom stereocenters. The van der Waals surface area contributed by atoms with E-state index in [4.69, 9.17) is 14.5 Å². The molecule has 0 fully saturated rings. The third-order valence-corrected chi connectivity index (χ3v) is 8.13. The largest absolute Gasteiger partial charge is 0.497 e. The van der Waals surface area contributed by atoms with Crippen LogP contribution in [0.15, 0.2) is 23.4 Å². The number of fused-ring (bicyclic) bond motifs is 5. The number of hydrogen-bond donors (Lipinski definition) is 0. The molecule has 1 aromatic carbocycles. The molecule has 1 aliphatic carbocycles. The number of methoxy groups -OCH3 is 2. The van der Waals surface area contributed by atoms with Crippen molar-refractivity contribution in [1.29, 1.82) is 0 Å². The van der Waals surface area contributed by atoms with Crippen LogP contribution in [0.5, 0.6) is 11.5 Å². The molecule has 7 nitrogen and oxygen atoms in total. The average Bonchev–Trinajstić information content (AvgIpc) is 3.42. The zero-order valence-corrected chi connectivity index (χ0v) is 20.8. The smallest absolute Gasteiger partial charge is 0.197 e. The third kappa shape index (κ3) is 3.87. The highest BCUT2D eigenvalue weighted by atomic mass is 32.2. The summed E-state index contributed by atoms with van der Waals surface area (Å²) in [5.74, 6) is 2.43. The number of thiophene rings is 1. The summed E-state index contributed by atoms with van der Waals surface area (Å²) in [6.45, 7) is 4.25. The van der Waals surface area contributed by atoms with Gasteiger partial charge >= 0.3 is 0 Å². The highest BCUT2D eigenvalue weighted by molar-refractivity contribution is 7.99. The zero-order chi connectivity index (χ0) is 23.1. The number of rotatable bonds is 7.